The van der Waals surface area contributed by atoms with Crippen LogP contribution in [0.4, 0.5) is 0 Å². The number of benzene rings is 1. The minimum Gasteiger partial charge on any atom is -0.507 e. The number of para-hydroxylation sites is 1. The van der Waals surface area contributed by atoms with Crippen molar-refractivity contribution in [3.05, 3.63) is 29.8 Å². The Labute approximate surface area is 125 Å². The number of amides is 1. The third-order valence-electron chi connectivity index (χ3n) is 2.84. The maximum atomic E-state index is 11.5. The van der Waals surface area contributed by atoms with E-state index < -0.39 is 36.9 Å². The molecular weight excluding hydrogens is 296 g/mol. The molecule has 0 aliphatic heterocycles. The van der Waals surface area contributed by atoms with Gasteiger partial charge in [-0.2, -0.15) is 5.10 Å². The number of carbonyl (C=O) groups is 1. The number of hydrazone groups is 1. The molecule has 0 spiro atoms. The van der Waals surface area contributed by atoms with E-state index >= 15 is 0 Å². The van der Waals surface area contributed by atoms with E-state index in [4.69, 9.17) is 10.2 Å². The average Bonchev–Trinajstić information content (AvgIpc) is 2.53. The summed E-state index contributed by atoms with van der Waals surface area (Å²) in [7, 11) is 0. The number of nitrogens with one attached hydrogen (secondary N) is 1. The van der Waals surface area contributed by atoms with Gasteiger partial charge < -0.3 is 30.6 Å². The Morgan fingerprint density at radius 1 is 1.18 bits per heavy atom. The minimum absolute atomic E-state index is 0.0671. The standard InChI is InChI=1S/C13H18N2O7/c16-6-9(18)10(19)11(20)12(21)13(22)15-14-5-7-3-1-2-4-8(7)17/h1-5,9-12,16-21H,6H2,(H,15,22)/b14-5-/t9-,10+,11-,12-/m0/s1. The predicted octanol–water partition coefficient (Wildman–Crippen LogP) is -2.72. The molecule has 0 saturated heterocycles. The molecule has 0 bridgehead atoms. The number of nitrogens with zero attached hydrogens (tertiary/aromatic N) is 1. The summed E-state index contributed by atoms with van der Waals surface area (Å²) in [6.07, 6.45) is -6.58. The molecule has 0 radical (unpaired) electrons. The van der Waals surface area contributed by atoms with Crippen molar-refractivity contribution in [2.24, 2.45) is 5.10 Å². The Balaban J connectivity index is 2.59. The van der Waals surface area contributed by atoms with Gasteiger partial charge in [-0.1, -0.05) is 12.1 Å². The number of carbonyl (C=O) groups excluding carboxylic acids is 1. The van der Waals surface area contributed by atoms with Crippen LogP contribution in [0.15, 0.2) is 29.4 Å². The molecule has 9 nitrogen and oxygen atoms in total. The zero-order chi connectivity index (χ0) is 16.7. The van der Waals surface area contributed by atoms with Crippen LogP contribution in [0.25, 0.3) is 0 Å². The number of hydrogen-bond donors (Lipinski definition) is 7. The maximum absolute atomic E-state index is 11.5. The van der Waals surface area contributed by atoms with Crippen LogP contribution in [0.5, 0.6) is 5.75 Å². The monoisotopic (exact) mass is 314 g/mol. The van der Waals surface area contributed by atoms with Gasteiger partial charge in [-0.25, -0.2) is 5.43 Å². The molecule has 9 heteroatoms. The number of rotatable bonds is 7. The number of phenolic OH excluding ortho intramolecular Hbond substituents is 1. The summed E-state index contributed by atoms with van der Waals surface area (Å²) in [6.45, 7) is -0.849. The minimum atomic E-state index is -2.07. The Hall–Kier alpha value is -2.04. The highest BCUT2D eigenvalue weighted by atomic mass is 16.4. The van der Waals surface area contributed by atoms with Crippen LogP contribution >= 0.6 is 0 Å². The molecule has 0 aliphatic rings. The van der Waals surface area contributed by atoms with E-state index in [9.17, 15) is 25.2 Å². The molecule has 0 unspecified atom stereocenters. The van der Waals surface area contributed by atoms with Crippen LogP contribution in [0.2, 0.25) is 0 Å². The third kappa shape index (κ3) is 4.76. The second kappa shape index (κ2) is 8.41. The van der Waals surface area contributed by atoms with E-state index in [1.165, 1.54) is 12.1 Å². The Bertz CT molecular complexity index is 523. The quantitative estimate of drug-likeness (QED) is 0.212. The lowest BCUT2D eigenvalue weighted by Crippen LogP contribution is -2.50. The third-order valence-corrected chi connectivity index (χ3v) is 2.84. The fraction of sp³-hybridized carbons (Fsp3) is 0.385. The van der Waals surface area contributed by atoms with Gasteiger partial charge in [-0.15, -0.1) is 0 Å². The summed E-state index contributed by atoms with van der Waals surface area (Å²) in [5.41, 5.74) is 2.22. The molecule has 0 heterocycles. The molecule has 0 aromatic heterocycles. The molecule has 1 amide bonds. The normalized spacial score (nSPS) is 17.0. The molecule has 0 saturated carbocycles. The van der Waals surface area contributed by atoms with Gasteiger partial charge in [0.25, 0.3) is 5.91 Å². The van der Waals surface area contributed by atoms with Gasteiger partial charge in [0.05, 0.1) is 12.8 Å². The summed E-state index contributed by atoms with van der Waals surface area (Å²) in [5, 5.41) is 59.1. The summed E-state index contributed by atoms with van der Waals surface area (Å²) in [4.78, 5) is 11.5. The Morgan fingerprint density at radius 3 is 2.41 bits per heavy atom. The first-order valence-corrected chi connectivity index (χ1v) is 6.32. The van der Waals surface area contributed by atoms with Gasteiger partial charge in [0.2, 0.25) is 0 Å². The smallest absolute Gasteiger partial charge is 0.271 e. The van der Waals surface area contributed by atoms with Crippen molar-refractivity contribution < 1.29 is 35.4 Å². The Kier molecular flexibility index (Phi) is 6.89. The fourth-order valence-corrected chi connectivity index (χ4v) is 1.51. The van der Waals surface area contributed by atoms with E-state index in [-0.39, 0.29) is 5.75 Å². The van der Waals surface area contributed by atoms with Crippen molar-refractivity contribution in [2.45, 2.75) is 24.4 Å². The SMILES string of the molecule is O=C(N/N=C\c1ccccc1O)[C@@H](O)[C@@H](O)[C@H](O)[C@@H](O)CO. The highest BCUT2D eigenvalue weighted by molar-refractivity contribution is 5.86. The zero-order valence-electron chi connectivity index (χ0n) is 11.4. The molecule has 1 aromatic rings. The van der Waals surface area contributed by atoms with Crippen LogP contribution in [0.1, 0.15) is 5.56 Å². The Morgan fingerprint density at radius 2 is 1.82 bits per heavy atom. The van der Waals surface area contributed by atoms with Gasteiger partial charge in [-0.3, -0.25) is 4.79 Å². The van der Waals surface area contributed by atoms with Crippen LogP contribution in [-0.4, -0.2) is 73.8 Å². The van der Waals surface area contributed by atoms with Crippen molar-refractivity contribution in [3.8, 4) is 5.75 Å². The van der Waals surface area contributed by atoms with E-state index in [1.54, 1.807) is 12.1 Å². The highest BCUT2D eigenvalue weighted by Crippen LogP contribution is 2.12. The zero-order valence-corrected chi connectivity index (χ0v) is 11.4. The van der Waals surface area contributed by atoms with Crippen molar-refractivity contribution in [2.75, 3.05) is 6.61 Å². The van der Waals surface area contributed by atoms with Crippen LogP contribution in [0, 0.1) is 0 Å². The first-order chi connectivity index (χ1) is 10.4. The van der Waals surface area contributed by atoms with Crippen molar-refractivity contribution in [1.82, 2.24) is 5.43 Å². The lowest BCUT2D eigenvalue weighted by Gasteiger charge is -2.24. The lowest BCUT2D eigenvalue weighted by molar-refractivity contribution is -0.148. The van der Waals surface area contributed by atoms with Gasteiger partial charge >= 0.3 is 0 Å². The molecular formula is C13H18N2O7. The molecule has 0 fully saturated rings. The summed E-state index contributed by atoms with van der Waals surface area (Å²) < 4.78 is 0. The molecule has 1 aromatic carbocycles. The van der Waals surface area contributed by atoms with Gasteiger partial charge in [0.1, 0.15) is 24.1 Å². The van der Waals surface area contributed by atoms with Crippen LogP contribution < -0.4 is 5.43 Å². The number of phenols is 1. The highest BCUT2D eigenvalue weighted by Gasteiger charge is 2.34. The molecule has 4 atom stereocenters. The summed E-state index contributed by atoms with van der Waals surface area (Å²) >= 11 is 0. The second-order valence-electron chi connectivity index (χ2n) is 4.47. The topological polar surface area (TPSA) is 163 Å². The van der Waals surface area contributed by atoms with Crippen LogP contribution in [0.3, 0.4) is 0 Å². The van der Waals surface area contributed by atoms with E-state index in [0.717, 1.165) is 6.21 Å². The first-order valence-electron chi connectivity index (χ1n) is 6.32. The van der Waals surface area contributed by atoms with Crippen molar-refractivity contribution in [3.63, 3.8) is 0 Å². The number of aromatic hydroxyl groups is 1. The molecule has 122 valence electrons. The first kappa shape index (κ1) is 18.0. The van der Waals surface area contributed by atoms with Gasteiger partial charge in [0.15, 0.2) is 6.10 Å². The number of hydrogen-bond acceptors (Lipinski definition) is 8. The lowest BCUT2D eigenvalue weighted by atomic mass is 10.0. The number of aliphatic hydroxyl groups excluding tert-OH is 5. The van der Waals surface area contributed by atoms with Crippen molar-refractivity contribution >= 4 is 12.1 Å². The average molecular weight is 314 g/mol. The summed E-state index contributed by atoms with van der Waals surface area (Å²) in [5.74, 6) is -1.20. The maximum Gasteiger partial charge on any atom is 0.271 e. The summed E-state index contributed by atoms with van der Waals surface area (Å²) in [6, 6.07) is 6.17. The molecule has 1 rings (SSSR count). The van der Waals surface area contributed by atoms with Gasteiger partial charge in [-0.05, 0) is 12.1 Å². The second-order valence-corrected chi connectivity index (χ2v) is 4.47. The van der Waals surface area contributed by atoms with E-state index in [0.29, 0.717) is 5.56 Å². The predicted molar refractivity (Wildman–Crippen MR) is 75.0 cm³/mol. The molecule has 0 aliphatic carbocycles. The largest absolute Gasteiger partial charge is 0.507 e. The van der Waals surface area contributed by atoms with E-state index in [1.807, 2.05) is 5.43 Å². The molecule has 22 heavy (non-hydrogen) atoms. The van der Waals surface area contributed by atoms with Crippen molar-refractivity contribution in [1.29, 1.82) is 0 Å². The van der Waals surface area contributed by atoms with Crippen LogP contribution in [-0.2, 0) is 4.79 Å². The fourth-order valence-electron chi connectivity index (χ4n) is 1.51. The number of aliphatic hydroxyl groups is 5. The van der Waals surface area contributed by atoms with Gasteiger partial charge in [0, 0.05) is 5.56 Å². The molecule has 7 N–H and O–H groups in total. The van der Waals surface area contributed by atoms with E-state index in [2.05, 4.69) is 5.10 Å².